The molecule has 0 spiro atoms. The fourth-order valence-corrected chi connectivity index (χ4v) is 2.07. The summed E-state index contributed by atoms with van der Waals surface area (Å²) < 4.78 is 0. The van der Waals surface area contributed by atoms with Crippen LogP contribution in [0.2, 0.25) is 0 Å². The van der Waals surface area contributed by atoms with Gasteiger partial charge in [-0.25, -0.2) is 4.99 Å². The Morgan fingerprint density at radius 3 is 2.22 bits per heavy atom. The normalized spacial score (nSPS) is 17.8. The van der Waals surface area contributed by atoms with Crippen LogP contribution in [-0.4, -0.2) is 18.1 Å². The van der Waals surface area contributed by atoms with Crippen LogP contribution in [0.3, 0.4) is 0 Å². The SMILES string of the molecule is C1=NC(c2ccccc2)=NC1Cc1ccccc1. The van der Waals surface area contributed by atoms with Gasteiger partial charge in [0.05, 0.1) is 6.04 Å². The molecule has 2 aromatic carbocycles. The van der Waals surface area contributed by atoms with E-state index >= 15 is 0 Å². The Hall–Kier alpha value is -2.22. The van der Waals surface area contributed by atoms with Crippen molar-refractivity contribution in [3.05, 3.63) is 71.8 Å². The molecule has 3 rings (SSSR count). The molecule has 0 bridgehead atoms. The summed E-state index contributed by atoms with van der Waals surface area (Å²) in [6.45, 7) is 0. The minimum atomic E-state index is 0.169. The van der Waals surface area contributed by atoms with Gasteiger partial charge < -0.3 is 0 Å². The van der Waals surface area contributed by atoms with E-state index in [9.17, 15) is 0 Å². The molecule has 2 nitrogen and oxygen atoms in total. The summed E-state index contributed by atoms with van der Waals surface area (Å²) in [6, 6.07) is 20.7. The Morgan fingerprint density at radius 1 is 0.833 bits per heavy atom. The van der Waals surface area contributed by atoms with Crippen LogP contribution in [0.15, 0.2) is 70.6 Å². The highest BCUT2D eigenvalue weighted by Gasteiger charge is 2.13. The molecule has 0 fully saturated rings. The standard InChI is InChI=1S/C16H14N2/c1-3-7-13(8-4-1)11-15-12-17-16(18-15)14-9-5-2-6-10-14/h1-10,12,15H,11H2. The summed E-state index contributed by atoms with van der Waals surface area (Å²) >= 11 is 0. The third-order valence-corrected chi connectivity index (χ3v) is 2.98. The van der Waals surface area contributed by atoms with Crippen LogP contribution in [0.4, 0.5) is 0 Å². The largest absolute Gasteiger partial charge is 0.257 e. The van der Waals surface area contributed by atoms with Crippen molar-refractivity contribution in [1.82, 2.24) is 0 Å². The minimum absolute atomic E-state index is 0.169. The summed E-state index contributed by atoms with van der Waals surface area (Å²) in [5.41, 5.74) is 2.39. The molecule has 0 amide bonds. The molecule has 0 aromatic heterocycles. The van der Waals surface area contributed by atoms with Crippen molar-refractivity contribution >= 4 is 12.1 Å². The van der Waals surface area contributed by atoms with Crippen molar-refractivity contribution in [1.29, 1.82) is 0 Å². The smallest absolute Gasteiger partial charge is 0.154 e. The van der Waals surface area contributed by atoms with Gasteiger partial charge in [0.15, 0.2) is 5.84 Å². The van der Waals surface area contributed by atoms with E-state index in [1.165, 1.54) is 5.56 Å². The summed E-state index contributed by atoms with van der Waals surface area (Å²) in [7, 11) is 0. The summed E-state index contributed by atoms with van der Waals surface area (Å²) in [5.74, 6) is 0.844. The zero-order valence-electron chi connectivity index (χ0n) is 10.0. The second-order valence-electron chi connectivity index (χ2n) is 4.35. The highest BCUT2D eigenvalue weighted by molar-refractivity contribution is 6.07. The number of hydrogen-bond donors (Lipinski definition) is 0. The van der Waals surface area contributed by atoms with Gasteiger partial charge in [-0.1, -0.05) is 60.7 Å². The number of rotatable bonds is 3. The van der Waals surface area contributed by atoms with Gasteiger partial charge in [-0.05, 0) is 12.0 Å². The number of amidine groups is 1. The number of benzene rings is 2. The average molecular weight is 234 g/mol. The van der Waals surface area contributed by atoms with E-state index in [4.69, 9.17) is 0 Å². The predicted octanol–water partition coefficient (Wildman–Crippen LogP) is 3.13. The van der Waals surface area contributed by atoms with Gasteiger partial charge in [0.25, 0.3) is 0 Å². The van der Waals surface area contributed by atoms with E-state index in [0.717, 1.165) is 17.8 Å². The predicted molar refractivity (Wildman–Crippen MR) is 75.4 cm³/mol. The Labute approximate surface area is 107 Å². The first-order chi connectivity index (χ1) is 8.92. The van der Waals surface area contributed by atoms with Gasteiger partial charge in [-0.2, -0.15) is 0 Å². The second-order valence-corrected chi connectivity index (χ2v) is 4.35. The Kier molecular flexibility index (Phi) is 3.01. The molecule has 1 aliphatic heterocycles. The highest BCUT2D eigenvalue weighted by Crippen LogP contribution is 2.12. The molecule has 1 atom stereocenters. The van der Waals surface area contributed by atoms with Crippen LogP contribution < -0.4 is 0 Å². The first kappa shape index (κ1) is 10.9. The molecule has 18 heavy (non-hydrogen) atoms. The number of aliphatic imine (C=N–C) groups is 2. The van der Waals surface area contributed by atoms with Crippen LogP contribution in [0.5, 0.6) is 0 Å². The molecule has 88 valence electrons. The van der Waals surface area contributed by atoms with Gasteiger partial charge in [-0.3, -0.25) is 4.99 Å². The maximum Gasteiger partial charge on any atom is 0.154 e. The fraction of sp³-hybridized carbons (Fsp3) is 0.125. The van der Waals surface area contributed by atoms with E-state index in [2.05, 4.69) is 34.3 Å². The van der Waals surface area contributed by atoms with Crippen molar-refractivity contribution in [3.8, 4) is 0 Å². The molecule has 0 aliphatic carbocycles. The topological polar surface area (TPSA) is 24.7 Å². The van der Waals surface area contributed by atoms with Crippen molar-refractivity contribution in [3.63, 3.8) is 0 Å². The van der Waals surface area contributed by atoms with Crippen LogP contribution in [0.25, 0.3) is 0 Å². The molecule has 1 unspecified atom stereocenters. The maximum absolute atomic E-state index is 4.65. The molecular weight excluding hydrogens is 220 g/mol. The summed E-state index contributed by atoms with van der Waals surface area (Å²) in [5, 5.41) is 0. The van der Waals surface area contributed by atoms with Gasteiger partial charge >= 0.3 is 0 Å². The summed E-state index contributed by atoms with van der Waals surface area (Å²) in [4.78, 5) is 9.06. The number of hydrogen-bond acceptors (Lipinski definition) is 2. The second kappa shape index (κ2) is 4.96. The molecule has 2 heteroatoms. The van der Waals surface area contributed by atoms with E-state index in [-0.39, 0.29) is 6.04 Å². The Morgan fingerprint density at radius 2 is 1.50 bits per heavy atom. The summed E-state index contributed by atoms with van der Waals surface area (Å²) in [6.07, 6.45) is 2.86. The first-order valence-electron chi connectivity index (χ1n) is 6.13. The third-order valence-electron chi connectivity index (χ3n) is 2.98. The van der Waals surface area contributed by atoms with Crippen LogP contribution >= 0.6 is 0 Å². The molecule has 0 saturated heterocycles. The lowest BCUT2D eigenvalue weighted by atomic mass is 10.1. The lowest BCUT2D eigenvalue weighted by Gasteiger charge is -2.03. The highest BCUT2D eigenvalue weighted by atomic mass is 15.0. The monoisotopic (exact) mass is 234 g/mol. The molecule has 1 heterocycles. The maximum atomic E-state index is 4.65. The molecule has 2 aromatic rings. The van der Waals surface area contributed by atoms with Crippen molar-refractivity contribution in [2.45, 2.75) is 12.5 Å². The van der Waals surface area contributed by atoms with Gasteiger partial charge in [-0.15, -0.1) is 0 Å². The molecule has 1 aliphatic rings. The zero-order chi connectivity index (χ0) is 12.2. The van der Waals surface area contributed by atoms with Crippen molar-refractivity contribution < 1.29 is 0 Å². The lowest BCUT2D eigenvalue weighted by Crippen LogP contribution is -2.07. The van der Waals surface area contributed by atoms with E-state index in [1.807, 2.05) is 42.6 Å². The lowest BCUT2D eigenvalue weighted by molar-refractivity contribution is 0.880. The number of nitrogens with zero attached hydrogens (tertiary/aromatic N) is 2. The average Bonchev–Trinajstić information content (AvgIpc) is 2.89. The third kappa shape index (κ3) is 2.38. The van der Waals surface area contributed by atoms with Gasteiger partial charge in [0.2, 0.25) is 0 Å². The van der Waals surface area contributed by atoms with Crippen LogP contribution in [0, 0.1) is 0 Å². The quantitative estimate of drug-likeness (QED) is 0.779. The van der Waals surface area contributed by atoms with E-state index in [1.54, 1.807) is 0 Å². The Bertz CT molecular complexity index is 571. The molecule has 0 saturated carbocycles. The van der Waals surface area contributed by atoms with Crippen LogP contribution in [0.1, 0.15) is 11.1 Å². The van der Waals surface area contributed by atoms with Gasteiger partial charge in [0, 0.05) is 11.8 Å². The van der Waals surface area contributed by atoms with Crippen molar-refractivity contribution in [2.24, 2.45) is 9.98 Å². The van der Waals surface area contributed by atoms with Crippen LogP contribution in [-0.2, 0) is 6.42 Å². The zero-order valence-corrected chi connectivity index (χ0v) is 10.0. The molecule has 0 radical (unpaired) electrons. The molecule has 0 N–H and O–H groups in total. The van der Waals surface area contributed by atoms with Crippen molar-refractivity contribution in [2.75, 3.05) is 0 Å². The van der Waals surface area contributed by atoms with Gasteiger partial charge in [0.1, 0.15) is 0 Å². The first-order valence-corrected chi connectivity index (χ1v) is 6.13. The molecular formula is C16H14N2. The fourth-order valence-electron chi connectivity index (χ4n) is 2.07. The Balaban J connectivity index is 1.75. The van der Waals surface area contributed by atoms with E-state index < -0.39 is 0 Å². The minimum Gasteiger partial charge on any atom is -0.257 e. The van der Waals surface area contributed by atoms with E-state index in [0.29, 0.717) is 0 Å².